The van der Waals surface area contributed by atoms with Crippen LogP contribution >= 0.6 is 0 Å². The second-order valence-corrected chi connectivity index (χ2v) is 8.02. The Labute approximate surface area is 160 Å². The second kappa shape index (κ2) is 6.89. The topological polar surface area (TPSA) is 67.4 Å². The van der Waals surface area contributed by atoms with Gasteiger partial charge in [-0.3, -0.25) is 0 Å². The normalized spacial score (nSPS) is 22.7. The standard InChI is InChI=1S/C22H27N5/c23-16-8-10-18(11-9-16)25-22-14-19(24-17-4-2-1-3-5-17)21-13-12-20(15-6-7-15)27(21)26-22/h1-5,12-16,18,24H,6-11,23H2,(H,25,26). The van der Waals surface area contributed by atoms with Crippen LogP contribution in [-0.4, -0.2) is 21.7 Å². The Hall–Kier alpha value is -2.53. The van der Waals surface area contributed by atoms with Gasteiger partial charge in [-0.15, -0.1) is 0 Å². The van der Waals surface area contributed by atoms with Gasteiger partial charge in [0, 0.05) is 35.4 Å². The number of benzene rings is 1. The summed E-state index contributed by atoms with van der Waals surface area (Å²) in [7, 11) is 0. The van der Waals surface area contributed by atoms with E-state index < -0.39 is 0 Å². The lowest BCUT2D eigenvalue weighted by atomic mass is 9.92. The van der Waals surface area contributed by atoms with Crippen LogP contribution in [0, 0.1) is 0 Å². The molecule has 0 bridgehead atoms. The van der Waals surface area contributed by atoms with E-state index in [0.29, 0.717) is 18.0 Å². The van der Waals surface area contributed by atoms with Crippen molar-refractivity contribution in [2.45, 2.75) is 56.5 Å². The van der Waals surface area contributed by atoms with Crippen LogP contribution in [0.25, 0.3) is 5.52 Å². The molecule has 0 aliphatic heterocycles. The number of nitrogens with zero attached hydrogens (tertiary/aromatic N) is 2. The minimum atomic E-state index is 0.361. The van der Waals surface area contributed by atoms with Gasteiger partial charge in [-0.2, -0.15) is 5.10 Å². The number of hydrogen-bond acceptors (Lipinski definition) is 4. The lowest BCUT2D eigenvalue weighted by Gasteiger charge is -2.27. The first-order chi connectivity index (χ1) is 13.3. The van der Waals surface area contributed by atoms with E-state index in [-0.39, 0.29) is 0 Å². The molecule has 27 heavy (non-hydrogen) atoms. The lowest BCUT2D eigenvalue weighted by molar-refractivity contribution is 0.410. The minimum Gasteiger partial charge on any atom is -0.366 e. The smallest absolute Gasteiger partial charge is 0.149 e. The maximum Gasteiger partial charge on any atom is 0.149 e. The molecular formula is C22H27N5. The molecule has 140 valence electrons. The molecule has 3 aromatic rings. The highest BCUT2D eigenvalue weighted by Gasteiger charge is 2.27. The Balaban J connectivity index is 1.49. The molecule has 0 unspecified atom stereocenters. The molecule has 2 aromatic heterocycles. The number of aromatic nitrogens is 2. The zero-order valence-corrected chi connectivity index (χ0v) is 15.6. The number of fused-ring (bicyclic) bond motifs is 1. The van der Waals surface area contributed by atoms with Crippen molar-refractivity contribution in [1.29, 1.82) is 0 Å². The van der Waals surface area contributed by atoms with Gasteiger partial charge in [-0.25, -0.2) is 4.52 Å². The number of rotatable bonds is 5. The summed E-state index contributed by atoms with van der Waals surface area (Å²) in [5.41, 5.74) is 10.7. The molecule has 2 fully saturated rings. The van der Waals surface area contributed by atoms with Gasteiger partial charge in [0.2, 0.25) is 0 Å². The zero-order chi connectivity index (χ0) is 18.2. The highest BCUT2D eigenvalue weighted by molar-refractivity contribution is 5.79. The maximum absolute atomic E-state index is 6.06. The van der Waals surface area contributed by atoms with E-state index in [4.69, 9.17) is 10.8 Å². The molecule has 0 saturated heterocycles. The van der Waals surface area contributed by atoms with E-state index in [1.165, 1.54) is 18.5 Å². The summed E-state index contributed by atoms with van der Waals surface area (Å²) in [4.78, 5) is 0. The predicted octanol–water partition coefficient (Wildman–Crippen LogP) is 4.64. The third-order valence-corrected chi connectivity index (χ3v) is 5.82. The number of anilines is 3. The van der Waals surface area contributed by atoms with Gasteiger partial charge in [0.15, 0.2) is 0 Å². The fourth-order valence-corrected chi connectivity index (χ4v) is 4.12. The minimum absolute atomic E-state index is 0.361. The predicted molar refractivity (Wildman–Crippen MR) is 111 cm³/mol. The Morgan fingerprint density at radius 3 is 2.44 bits per heavy atom. The molecular weight excluding hydrogens is 334 g/mol. The molecule has 0 radical (unpaired) electrons. The van der Waals surface area contributed by atoms with E-state index in [2.05, 4.69) is 57.6 Å². The van der Waals surface area contributed by atoms with Crippen LogP contribution in [0.5, 0.6) is 0 Å². The van der Waals surface area contributed by atoms with E-state index >= 15 is 0 Å². The highest BCUT2D eigenvalue weighted by Crippen LogP contribution is 2.41. The average Bonchev–Trinajstić information content (AvgIpc) is 3.44. The Kier molecular flexibility index (Phi) is 4.24. The SMILES string of the molecule is NC1CCC(Nc2cc(Nc3ccccc3)c3ccc(C4CC4)n3n2)CC1. The number of hydrogen-bond donors (Lipinski definition) is 3. The van der Waals surface area contributed by atoms with Crippen LogP contribution in [-0.2, 0) is 0 Å². The summed E-state index contributed by atoms with van der Waals surface area (Å²) in [6.45, 7) is 0. The zero-order valence-electron chi connectivity index (χ0n) is 15.6. The first kappa shape index (κ1) is 16.6. The fourth-order valence-electron chi connectivity index (χ4n) is 4.12. The molecule has 4 N–H and O–H groups in total. The van der Waals surface area contributed by atoms with Crippen molar-refractivity contribution in [3.63, 3.8) is 0 Å². The van der Waals surface area contributed by atoms with Crippen LogP contribution < -0.4 is 16.4 Å². The van der Waals surface area contributed by atoms with Crippen LogP contribution in [0.15, 0.2) is 48.5 Å². The van der Waals surface area contributed by atoms with E-state index in [1.54, 1.807) is 0 Å². The molecule has 0 amide bonds. The molecule has 0 atom stereocenters. The van der Waals surface area contributed by atoms with Crippen LogP contribution in [0.4, 0.5) is 17.2 Å². The summed E-state index contributed by atoms with van der Waals surface area (Å²) in [6, 6.07) is 17.7. The van der Waals surface area contributed by atoms with Gasteiger partial charge < -0.3 is 16.4 Å². The first-order valence-electron chi connectivity index (χ1n) is 10.1. The average molecular weight is 361 g/mol. The van der Waals surface area contributed by atoms with Gasteiger partial charge in [-0.1, -0.05) is 18.2 Å². The molecule has 5 nitrogen and oxygen atoms in total. The maximum atomic E-state index is 6.06. The highest BCUT2D eigenvalue weighted by atomic mass is 15.3. The van der Waals surface area contributed by atoms with E-state index in [1.807, 2.05) is 6.07 Å². The summed E-state index contributed by atoms with van der Waals surface area (Å²) in [5.74, 6) is 1.60. The van der Waals surface area contributed by atoms with E-state index in [0.717, 1.165) is 48.4 Å². The molecule has 2 aliphatic rings. The molecule has 2 aliphatic carbocycles. The van der Waals surface area contributed by atoms with Gasteiger partial charge in [-0.05, 0) is 62.8 Å². The van der Waals surface area contributed by atoms with Crippen molar-refractivity contribution >= 4 is 22.7 Å². The fraction of sp³-hybridized carbons (Fsp3) is 0.409. The molecule has 1 aromatic carbocycles. The van der Waals surface area contributed by atoms with Crippen molar-refractivity contribution in [3.05, 3.63) is 54.2 Å². The Morgan fingerprint density at radius 2 is 1.70 bits per heavy atom. The van der Waals surface area contributed by atoms with Gasteiger partial charge in [0.05, 0.1) is 11.2 Å². The Bertz CT molecular complexity index is 921. The summed E-state index contributed by atoms with van der Waals surface area (Å²) in [5, 5.41) is 12.2. The molecule has 2 saturated carbocycles. The monoisotopic (exact) mass is 361 g/mol. The Morgan fingerprint density at radius 1 is 0.926 bits per heavy atom. The third-order valence-electron chi connectivity index (χ3n) is 5.82. The molecule has 5 heteroatoms. The van der Waals surface area contributed by atoms with Crippen molar-refractivity contribution in [2.24, 2.45) is 5.73 Å². The summed E-state index contributed by atoms with van der Waals surface area (Å²) >= 11 is 0. The van der Waals surface area contributed by atoms with Crippen LogP contribution in [0.2, 0.25) is 0 Å². The van der Waals surface area contributed by atoms with E-state index in [9.17, 15) is 0 Å². The van der Waals surface area contributed by atoms with Crippen molar-refractivity contribution in [2.75, 3.05) is 10.6 Å². The van der Waals surface area contributed by atoms with Crippen molar-refractivity contribution in [3.8, 4) is 0 Å². The van der Waals surface area contributed by atoms with Crippen LogP contribution in [0.1, 0.15) is 50.1 Å². The molecule has 5 rings (SSSR count). The molecule has 2 heterocycles. The van der Waals surface area contributed by atoms with Crippen molar-refractivity contribution in [1.82, 2.24) is 9.61 Å². The summed E-state index contributed by atoms with van der Waals surface area (Å²) in [6.07, 6.45) is 6.95. The lowest BCUT2D eigenvalue weighted by Crippen LogP contribution is -2.33. The molecule has 0 spiro atoms. The third kappa shape index (κ3) is 3.52. The first-order valence-corrected chi connectivity index (χ1v) is 10.1. The van der Waals surface area contributed by atoms with Gasteiger partial charge in [0.25, 0.3) is 0 Å². The van der Waals surface area contributed by atoms with Gasteiger partial charge >= 0.3 is 0 Å². The number of nitrogens with two attached hydrogens (primary N) is 1. The second-order valence-electron chi connectivity index (χ2n) is 8.02. The van der Waals surface area contributed by atoms with Gasteiger partial charge in [0.1, 0.15) is 5.82 Å². The van der Waals surface area contributed by atoms with Crippen LogP contribution in [0.3, 0.4) is 0 Å². The van der Waals surface area contributed by atoms with Crippen molar-refractivity contribution < 1.29 is 0 Å². The number of para-hydroxylation sites is 1. The number of nitrogens with one attached hydrogen (secondary N) is 2. The largest absolute Gasteiger partial charge is 0.366 e. The summed E-state index contributed by atoms with van der Waals surface area (Å²) < 4.78 is 2.14. The quantitative estimate of drug-likeness (QED) is 0.619.